The summed E-state index contributed by atoms with van der Waals surface area (Å²) in [4.78, 5) is 42.8. The zero-order chi connectivity index (χ0) is 36.9. The fraction of sp³-hybridized carbons (Fsp3) is 0.375. The van der Waals surface area contributed by atoms with Crippen molar-refractivity contribution in [2.45, 2.75) is 69.9 Å². The van der Waals surface area contributed by atoms with Gasteiger partial charge < -0.3 is 36.4 Å². The third-order valence-corrected chi connectivity index (χ3v) is 10.1. The van der Waals surface area contributed by atoms with E-state index in [0.29, 0.717) is 11.3 Å². The van der Waals surface area contributed by atoms with Crippen molar-refractivity contribution < 1.29 is 24.2 Å². The summed E-state index contributed by atoms with van der Waals surface area (Å²) in [6.45, 7) is 0.525. The Morgan fingerprint density at radius 2 is 1.58 bits per heavy atom. The number of carbonyl (C=O) groups excluding carboxylic acids is 3. The van der Waals surface area contributed by atoms with E-state index >= 15 is 0 Å². The van der Waals surface area contributed by atoms with Crippen molar-refractivity contribution in [2.24, 2.45) is 16.8 Å². The van der Waals surface area contributed by atoms with Gasteiger partial charge in [0.05, 0.1) is 31.6 Å². The van der Waals surface area contributed by atoms with Crippen LogP contribution in [0.2, 0.25) is 0 Å². The van der Waals surface area contributed by atoms with E-state index in [4.69, 9.17) is 15.6 Å². The zero-order valence-electron chi connectivity index (χ0n) is 29.5. The van der Waals surface area contributed by atoms with E-state index in [9.17, 15) is 19.5 Å². The maximum absolute atomic E-state index is 14.4. The van der Waals surface area contributed by atoms with Crippen LogP contribution in [0, 0.1) is 17.8 Å². The van der Waals surface area contributed by atoms with Crippen LogP contribution in [0.5, 0.6) is 0 Å². The second kappa shape index (κ2) is 19.3. The number of benzene rings is 3. The van der Waals surface area contributed by atoms with Crippen LogP contribution in [-0.2, 0) is 32.3 Å². The van der Waals surface area contributed by atoms with Crippen LogP contribution in [0.3, 0.4) is 0 Å². The first-order valence-corrected chi connectivity index (χ1v) is 18.6. The number of hydrogen-bond acceptors (Lipinski definition) is 9. The molecule has 5 rings (SSSR count). The van der Waals surface area contributed by atoms with Crippen molar-refractivity contribution in [2.75, 3.05) is 20.1 Å². The summed E-state index contributed by atoms with van der Waals surface area (Å²) >= 11 is 0.831. The van der Waals surface area contributed by atoms with Crippen molar-refractivity contribution in [1.82, 2.24) is 20.9 Å². The predicted molar refractivity (Wildman–Crippen MR) is 203 cm³/mol. The van der Waals surface area contributed by atoms with Crippen LogP contribution >= 0.6 is 11.9 Å². The molecule has 1 aliphatic carbocycles. The highest BCUT2D eigenvalue weighted by molar-refractivity contribution is 8.01. The van der Waals surface area contributed by atoms with E-state index in [1.54, 1.807) is 11.9 Å². The van der Waals surface area contributed by atoms with Gasteiger partial charge in [0, 0.05) is 29.7 Å². The molecule has 3 atom stereocenters. The number of hydrogen-bond donors (Lipinski definition) is 6. The Labute approximate surface area is 310 Å². The van der Waals surface area contributed by atoms with E-state index in [0.717, 1.165) is 66.3 Å². The molecule has 2 unspecified atom stereocenters. The molecule has 3 aromatic rings. The minimum atomic E-state index is -0.875. The van der Waals surface area contributed by atoms with Gasteiger partial charge in [0.25, 0.3) is 0 Å². The minimum absolute atomic E-state index is 0.00788. The molecule has 3 aromatic carbocycles. The molecule has 0 bridgehead atoms. The standard InChI is InChI=1S/C40H48N6O5S/c1-43-23-35(48)44-37(32-10-6-3-7-11-32)40(50)46-24-33(22-34(46)38(49)45-39(52-42)36(41)31-8-4-2-5-9-31)51-26-30-20-16-28(17-21-30)13-12-27-14-18-29(25-47)19-15-27/h2,4-5,8-9,14-21,32-34,37,43,47H,3,6-7,10-11,22-26,41-42H2,1H3,(H,44,48)(H,45,49)/b39-36-/t33?,34-,37?/m0/s1. The molecular weight excluding hydrogens is 677 g/mol. The average molecular weight is 725 g/mol. The Morgan fingerprint density at radius 3 is 2.17 bits per heavy atom. The lowest BCUT2D eigenvalue weighted by molar-refractivity contribution is -0.142. The second-order valence-electron chi connectivity index (χ2n) is 13.2. The molecule has 52 heavy (non-hydrogen) atoms. The van der Waals surface area contributed by atoms with Crippen molar-refractivity contribution in [1.29, 1.82) is 0 Å². The Morgan fingerprint density at radius 1 is 0.942 bits per heavy atom. The SMILES string of the molecule is CNCC(=O)NC(C(=O)N1CC(OCc2ccc(C#Cc3ccc(CO)cc3)cc2)C[C@H]1C(=O)N/C(SN)=C(/N)c1ccccc1)C1CCCCC1. The van der Waals surface area contributed by atoms with Crippen LogP contribution in [0.15, 0.2) is 83.9 Å². The molecule has 11 nitrogen and oxygen atoms in total. The fourth-order valence-corrected chi connectivity index (χ4v) is 7.07. The lowest BCUT2D eigenvalue weighted by Crippen LogP contribution is -2.57. The Hall–Kier alpha value is -4.64. The summed E-state index contributed by atoms with van der Waals surface area (Å²) in [5.41, 5.74) is 10.9. The first kappa shape index (κ1) is 38.6. The summed E-state index contributed by atoms with van der Waals surface area (Å²) in [5.74, 6) is 5.27. The van der Waals surface area contributed by atoms with Gasteiger partial charge in [-0.2, -0.15) is 0 Å². The number of aliphatic hydroxyl groups is 1. The van der Waals surface area contributed by atoms with Crippen molar-refractivity contribution in [3.05, 3.63) is 112 Å². The Kier molecular flexibility index (Phi) is 14.3. The number of ether oxygens (including phenoxy) is 1. The number of carbonyl (C=O) groups is 3. The Balaban J connectivity index is 1.32. The number of nitrogens with zero attached hydrogens (tertiary/aromatic N) is 1. The molecule has 1 saturated carbocycles. The topological polar surface area (TPSA) is 172 Å². The highest BCUT2D eigenvalue weighted by Crippen LogP contribution is 2.31. The molecule has 2 fully saturated rings. The number of aliphatic hydroxyl groups excluding tert-OH is 1. The third-order valence-electron chi connectivity index (χ3n) is 9.50. The average Bonchev–Trinajstić information content (AvgIpc) is 3.63. The van der Waals surface area contributed by atoms with Gasteiger partial charge in [-0.15, -0.1) is 0 Å². The monoisotopic (exact) mass is 724 g/mol. The summed E-state index contributed by atoms with van der Waals surface area (Å²) in [6, 6.07) is 22.8. The number of amides is 3. The molecule has 12 heteroatoms. The summed E-state index contributed by atoms with van der Waals surface area (Å²) in [5, 5.41) is 24.2. The first-order chi connectivity index (χ1) is 25.3. The zero-order valence-corrected chi connectivity index (χ0v) is 30.3. The van der Waals surface area contributed by atoms with Crippen LogP contribution in [0.4, 0.5) is 0 Å². The molecule has 2 aliphatic rings. The van der Waals surface area contributed by atoms with E-state index in [-0.39, 0.29) is 55.5 Å². The highest BCUT2D eigenvalue weighted by atomic mass is 32.2. The van der Waals surface area contributed by atoms with Gasteiger partial charge in [-0.05, 0) is 73.1 Å². The number of likely N-dealkylation sites (N-methyl/N-ethyl adjacent to an activating group) is 1. The van der Waals surface area contributed by atoms with Gasteiger partial charge >= 0.3 is 0 Å². The number of nitrogens with two attached hydrogens (primary N) is 2. The molecule has 0 aromatic heterocycles. The maximum Gasteiger partial charge on any atom is 0.247 e. The highest BCUT2D eigenvalue weighted by Gasteiger charge is 2.44. The molecule has 3 amide bonds. The predicted octanol–water partition coefficient (Wildman–Crippen LogP) is 3.36. The molecule has 8 N–H and O–H groups in total. The van der Waals surface area contributed by atoms with Gasteiger partial charge in [0.1, 0.15) is 17.1 Å². The maximum atomic E-state index is 14.4. The van der Waals surface area contributed by atoms with Gasteiger partial charge in [-0.25, -0.2) is 0 Å². The lowest BCUT2D eigenvalue weighted by Gasteiger charge is -2.34. The second-order valence-corrected chi connectivity index (χ2v) is 13.8. The van der Waals surface area contributed by atoms with E-state index in [1.807, 2.05) is 78.9 Å². The normalized spacial score (nSPS) is 18.5. The molecule has 0 spiro atoms. The van der Waals surface area contributed by atoms with Gasteiger partial charge in [0.15, 0.2) is 0 Å². The lowest BCUT2D eigenvalue weighted by atomic mass is 9.83. The van der Waals surface area contributed by atoms with Crippen LogP contribution < -0.4 is 26.8 Å². The molecule has 274 valence electrons. The summed E-state index contributed by atoms with van der Waals surface area (Å²) < 4.78 is 6.34. The summed E-state index contributed by atoms with van der Waals surface area (Å²) in [6.07, 6.45) is 4.51. The van der Waals surface area contributed by atoms with Gasteiger partial charge in [-0.3, -0.25) is 19.5 Å². The number of likely N-dealkylation sites (tertiary alicyclic amines) is 1. The van der Waals surface area contributed by atoms with Crippen LogP contribution in [0.1, 0.15) is 66.3 Å². The van der Waals surface area contributed by atoms with Crippen molar-refractivity contribution in [3.8, 4) is 11.8 Å². The van der Waals surface area contributed by atoms with Gasteiger partial charge in [0.2, 0.25) is 17.7 Å². The number of rotatable bonds is 13. The van der Waals surface area contributed by atoms with E-state index in [2.05, 4.69) is 27.8 Å². The Bertz CT molecular complexity index is 1750. The molecule has 1 heterocycles. The third kappa shape index (κ3) is 10.5. The first-order valence-electron chi connectivity index (χ1n) is 17.7. The van der Waals surface area contributed by atoms with E-state index in [1.165, 1.54) is 0 Å². The quantitative estimate of drug-likeness (QED) is 0.114. The van der Waals surface area contributed by atoms with Crippen molar-refractivity contribution >= 4 is 35.4 Å². The minimum Gasteiger partial charge on any atom is -0.396 e. The molecule has 1 aliphatic heterocycles. The van der Waals surface area contributed by atoms with E-state index < -0.39 is 24.1 Å². The molecular formula is C40H48N6O5S. The fourth-order valence-electron chi connectivity index (χ4n) is 6.66. The summed E-state index contributed by atoms with van der Waals surface area (Å²) in [7, 11) is 1.68. The van der Waals surface area contributed by atoms with Gasteiger partial charge in [-0.1, -0.05) is 85.7 Å². The molecule has 0 radical (unpaired) electrons. The van der Waals surface area contributed by atoms with Crippen molar-refractivity contribution in [3.63, 3.8) is 0 Å². The smallest absolute Gasteiger partial charge is 0.247 e. The molecule has 1 saturated heterocycles. The van der Waals surface area contributed by atoms with Crippen LogP contribution in [0.25, 0.3) is 5.70 Å². The largest absolute Gasteiger partial charge is 0.396 e. The number of nitrogens with one attached hydrogen (secondary N) is 3. The van der Waals surface area contributed by atoms with Crippen LogP contribution in [-0.4, -0.2) is 66.1 Å².